The zero-order chi connectivity index (χ0) is 24.8. The lowest BCUT2D eigenvalue weighted by molar-refractivity contribution is -0.113. The van der Waals surface area contributed by atoms with Crippen molar-refractivity contribution >= 4 is 29.0 Å². The molecule has 35 heavy (non-hydrogen) atoms. The maximum atomic E-state index is 12.5. The van der Waals surface area contributed by atoms with Crippen molar-refractivity contribution in [2.24, 2.45) is 0 Å². The molecule has 0 atom stereocenters. The quantitative estimate of drug-likeness (QED) is 0.338. The third-order valence-electron chi connectivity index (χ3n) is 5.79. The lowest BCUT2D eigenvalue weighted by Gasteiger charge is -2.28. The third kappa shape index (κ3) is 5.56. The highest BCUT2D eigenvalue weighted by Crippen LogP contribution is 2.41. The summed E-state index contributed by atoms with van der Waals surface area (Å²) in [5, 5.41) is 11.7. The highest BCUT2D eigenvalue weighted by Gasteiger charge is 2.19. The van der Waals surface area contributed by atoms with Gasteiger partial charge in [-0.3, -0.25) is 4.79 Å². The molecule has 1 amide bonds. The van der Waals surface area contributed by atoms with Crippen LogP contribution in [0.4, 0.5) is 11.4 Å². The fourth-order valence-corrected chi connectivity index (χ4v) is 4.67. The van der Waals surface area contributed by atoms with Crippen molar-refractivity contribution in [3.63, 3.8) is 0 Å². The largest absolute Gasteiger partial charge is 0.493 e. The second-order valence-corrected chi connectivity index (χ2v) is 8.96. The van der Waals surface area contributed by atoms with Crippen molar-refractivity contribution in [2.75, 3.05) is 56.2 Å². The standard InChI is InChI=1S/C24H30N6O4S/c1-32-19-13-16(14-20(33-2)22(19)34-3)23-27-28-24(30(23)25)35-15-21(31)26-17-7-9-18(10-8-17)29-11-5-4-6-12-29/h7-10,13-14H,4-6,11-12,15,25H2,1-3H3,(H,26,31). The van der Waals surface area contributed by atoms with E-state index >= 15 is 0 Å². The van der Waals surface area contributed by atoms with Gasteiger partial charge >= 0.3 is 0 Å². The number of ether oxygens (including phenoxy) is 3. The fraction of sp³-hybridized carbons (Fsp3) is 0.375. The summed E-state index contributed by atoms with van der Waals surface area (Å²) in [7, 11) is 4.61. The maximum Gasteiger partial charge on any atom is 0.234 e. The lowest BCUT2D eigenvalue weighted by Crippen LogP contribution is -2.29. The molecule has 1 aliphatic heterocycles. The van der Waals surface area contributed by atoms with Crippen LogP contribution in [-0.2, 0) is 4.79 Å². The summed E-state index contributed by atoms with van der Waals surface area (Å²) in [5.74, 6) is 8.05. The summed E-state index contributed by atoms with van der Waals surface area (Å²) in [6.07, 6.45) is 3.74. The van der Waals surface area contributed by atoms with Crippen molar-refractivity contribution in [3.8, 4) is 28.6 Å². The molecule has 1 aromatic heterocycles. The van der Waals surface area contributed by atoms with E-state index in [1.807, 2.05) is 24.3 Å². The van der Waals surface area contributed by atoms with Crippen LogP contribution >= 0.6 is 11.8 Å². The molecule has 3 aromatic rings. The molecule has 186 valence electrons. The van der Waals surface area contributed by atoms with Crippen LogP contribution in [0.3, 0.4) is 0 Å². The second-order valence-electron chi connectivity index (χ2n) is 8.02. The Labute approximate surface area is 208 Å². The number of amides is 1. The Morgan fingerprint density at radius 3 is 2.26 bits per heavy atom. The number of nitrogens with two attached hydrogens (primary N) is 1. The molecule has 1 saturated heterocycles. The Balaban J connectivity index is 1.39. The number of carbonyl (C=O) groups is 1. The Kier molecular flexibility index (Phi) is 7.86. The number of anilines is 2. The lowest BCUT2D eigenvalue weighted by atomic mass is 10.1. The van der Waals surface area contributed by atoms with E-state index in [1.54, 1.807) is 12.1 Å². The van der Waals surface area contributed by atoms with Gasteiger partial charge in [0.05, 0.1) is 27.1 Å². The molecule has 10 nitrogen and oxygen atoms in total. The van der Waals surface area contributed by atoms with E-state index in [4.69, 9.17) is 20.1 Å². The number of benzene rings is 2. The van der Waals surface area contributed by atoms with Crippen molar-refractivity contribution in [1.29, 1.82) is 0 Å². The molecule has 1 aliphatic rings. The normalized spacial score (nSPS) is 13.4. The number of nitrogens with zero attached hydrogens (tertiary/aromatic N) is 4. The zero-order valence-electron chi connectivity index (χ0n) is 20.1. The third-order valence-corrected chi connectivity index (χ3v) is 6.74. The van der Waals surface area contributed by atoms with E-state index in [-0.39, 0.29) is 11.7 Å². The van der Waals surface area contributed by atoms with E-state index in [0.717, 1.165) is 18.8 Å². The fourth-order valence-electron chi connectivity index (χ4n) is 4.02. The van der Waals surface area contributed by atoms with Crippen LogP contribution in [0.2, 0.25) is 0 Å². The van der Waals surface area contributed by atoms with Gasteiger partial charge in [-0.05, 0) is 55.7 Å². The van der Waals surface area contributed by atoms with Gasteiger partial charge in [-0.15, -0.1) is 10.2 Å². The second kappa shape index (κ2) is 11.2. The Hall–Kier alpha value is -3.60. The Morgan fingerprint density at radius 1 is 1.00 bits per heavy atom. The summed E-state index contributed by atoms with van der Waals surface area (Å²) in [6.45, 7) is 2.17. The number of thioether (sulfide) groups is 1. The van der Waals surface area contributed by atoms with Crippen LogP contribution in [0.1, 0.15) is 19.3 Å². The number of hydrogen-bond donors (Lipinski definition) is 2. The van der Waals surface area contributed by atoms with Crippen molar-refractivity contribution in [3.05, 3.63) is 36.4 Å². The molecule has 2 aromatic carbocycles. The summed E-state index contributed by atoms with van der Waals surface area (Å²) in [6, 6.07) is 11.4. The molecule has 0 aliphatic carbocycles. The minimum atomic E-state index is -0.155. The molecule has 0 saturated carbocycles. The average molecular weight is 499 g/mol. The van der Waals surface area contributed by atoms with Crippen LogP contribution in [0.15, 0.2) is 41.6 Å². The van der Waals surface area contributed by atoms with Gasteiger partial charge < -0.3 is 30.3 Å². The van der Waals surface area contributed by atoms with E-state index in [9.17, 15) is 4.79 Å². The van der Waals surface area contributed by atoms with E-state index < -0.39 is 0 Å². The number of aromatic nitrogens is 3. The number of nitrogens with one attached hydrogen (secondary N) is 1. The molecule has 2 heterocycles. The molecular formula is C24H30N6O4S. The minimum absolute atomic E-state index is 0.137. The number of methoxy groups -OCH3 is 3. The van der Waals surface area contributed by atoms with Crippen LogP contribution in [0.5, 0.6) is 17.2 Å². The Morgan fingerprint density at radius 2 is 1.66 bits per heavy atom. The maximum absolute atomic E-state index is 12.5. The predicted octanol–water partition coefficient (Wildman–Crippen LogP) is 3.41. The first-order chi connectivity index (χ1) is 17.0. The summed E-state index contributed by atoms with van der Waals surface area (Å²) >= 11 is 1.20. The SMILES string of the molecule is COc1cc(-c2nnc(SCC(=O)Nc3ccc(N4CCCCC4)cc3)n2N)cc(OC)c1OC. The highest BCUT2D eigenvalue weighted by molar-refractivity contribution is 7.99. The smallest absolute Gasteiger partial charge is 0.234 e. The minimum Gasteiger partial charge on any atom is -0.493 e. The molecule has 0 radical (unpaired) electrons. The van der Waals surface area contributed by atoms with Crippen molar-refractivity contribution in [1.82, 2.24) is 14.9 Å². The summed E-state index contributed by atoms with van der Waals surface area (Å²) in [4.78, 5) is 14.9. The van der Waals surface area contributed by atoms with Gasteiger partial charge in [0.25, 0.3) is 0 Å². The molecule has 4 rings (SSSR count). The average Bonchev–Trinajstić information content (AvgIpc) is 3.27. The first kappa shape index (κ1) is 24.5. The van der Waals surface area contributed by atoms with Gasteiger partial charge in [0.15, 0.2) is 17.3 Å². The molecule has 1 fully saturated rings. The number of hydrogen-bond acceptors (Lipinski definition) is 9. The van der Waals surface area contributed by atoms with E-state index in [1.165, 1.54) is 62.7 Å². The predicted molar refractivity (Wildman–Crippen MR) is 137 cm³/mol. The van der Waals surface area contributed by atoms with Crippen molar-refractivity contribution < 1.29 is 19.0 Å². The topological polar surface area (TPSA) is 117 Å². The number of carbonyl (C=O) groups excluding carboxylic acids is 1. The molecule has 11 heteroatoms. The zero-order valence-corrected chi connectivity index (χ0v) is 20.9. The van der Waals surface area contributed by atoms with Gasteiger partial charge in [-0.1, -0.05) is 11.8 Å². The van der Waals surface area contributed by atoms with Gasteiger partial charge in [-0.25, -0.2) is 4.68 Å². The first-order valence-electron chi connectivity index (χ1n) is 11.3. The molecule has 0 spiro atoms. The molecule has 0 unspecified atom stereocenters. The van der Waals surface area contributed by atoms with E-state index in [2.05, 4.69) is 20.4 Å². The highest BCUT2D eigenvalue weighted by atomic mass is 32.2. The van der Waals surface area contributed by atoms with Gasteiger partial charge in [0, 0.05) is 30.0 Å². The van der Waals surface area contributed by atoms with Crippen LogP contribution in [-0.4, -0.2) is 61.0 Å². The van der Waals surface area contributed by atoms with E-state index in [0.29, 0.717) is 33.8 Å². The van der Waals surface area contributed by atoms with Crippen LogP contribution in [0, 0.1) is 0 Å². The summed E-state index contributed by atoms with van der Waals surface area (Å²) in [5.41, 5.74) is 2.58. The number of nitrogen functional groups attached to an aromatic ring is 1. The van der Waals surface area contributed by atoms with Crippen molar-refractivity contribution in [2.45, 2.75) is 24.4 Å². The molecule has 3 N–H and O–H groups in total. The van der Waals surface area contributed by atoms with Crippen LogP contribution < -0.4 is 30.3 Å². The monoisotopic (exact) mass is 498 g/mol. The first-order valence-corrected chi connectivity index (χ1v) is 12.3. The van der Waals surface area contributed by atoms with Gasteiger partial charge in [0.1, 0.15) is 0 Å². The number of rotatable bonds is 9. The molecule has 0 bridgehead atoms. The Bertz CT molecular complexity index is 1140. The van der Waals surface area contributed by atoms with Gasteiger partial charge in [-0.2, -0.15) is 0 Å². The number of piperidine rings is 1. The van der Waals surface area contributed by atoms with Crippen LogP contribution in [0.25, 0.3) is 11.4 Å². The summed E-state index contributed by atoms with van der Waals surface area (Å²) < 4.78 is 17.5. The van der Waals surface area contributed by atoms with Gasteiger partial charge in [0.2, 0.25) is 16.8 Å². The molecular weight excluding hydrogens is 468 g/mol.